The minimum Gasteiger partial charge on any atom is -0.388 e. The standard InChI is InChI=1S/C10H18O9/c11-3-1-17-9(7(15)5(3)13)19-10-8(16)6(14)4(12)2-18-10/h3-16H,1-2H2/t3-,4+,5-,6+,7+,8-,9+,10?/m0/s1. The monoisotopic (exact) mass is 282 g/mol. The van der Waals surface area contributed by atoms with E-state index < -0.39 is 49.2 Å². The van der Waals surface area contributed by atoms with Crippen molar-refractivity contribution in [1.82, 2.24) is 0 Å². The maximum atomic E-state index is 9.63. The molecular formula is C10H18O9. The molecule has 0 radical (unpaired) electrons. The van der Waals surface area contributed by atoms with Crippen LogP contribution in [0.1, 0.15) is 0 Å². The summed E-state index contributed by atoms with van der Waals surface area (Å²) in [7, 11) is 0. The lowest BCUT2D eigenvalue weighted by atomic mass is 10.0. The molecule has 112 valence electrons. The van der Waals surface area contributed by atoms with Crippen LogP contribution >= 0.6 is 0 Å². The van der Waals surface area contributed by atoms with Crippen molar-refractivity contribution >= 4 is 0 Å². The van der Waals surface area contributed by atoms with Crippen molar-refractivity contribution in [3.05, 3.63) is 0 Å². The number of hydrogen-bond acceptors (Lipinski definition) is 9. The first kappa shape index (κ1) is 15.0. The van der Waals surface area contributed by atoms with E-state index >= 15 is 0 Å². The van der Waals surface area contributed by atoms with Gasteiger partial charge in [0.05, 0.1) is 13.2 Å². The lowest BCUT2D eigenvalue weighted by Crippen LogP contribution is -2.59. The van der Waals surface area contributed by atoms with Gasteiger partial charge in [-0.05, 0) is 0 Å². The van der Waals surface area contributed by atoms with Crippen LogP contribution in [0.4, 0.5) is 0 Å². The van der Waals surface area contributed by atoms with Crippen LogP contribution in [0.15, 0.2) is 0 Å². The van der Waals surface area contributed by atoms with Gasteiger partial charge in [-0.25, -0.2) is 0 Å². The molecule has 0 saturated carbocycles. The summed E-state index contributed by atoms with van der Waals surface area (Å²) in [5, 5.41) is 56.7. The van der Waals surface area contributed by atoms with Crippen LogP contribution in [0.2, 0.25) is 0 Å². The summed E-state index contributed by atoms with van der Waals surface area (Å²) in [6.07, 6.45) is -11.1. The molecule has 0 aromatic carbocycles. The van der Waals surface area contributed by atoms with E-state index in [-0.39, 0.29) is 13.2 Å². The highest BCUT2D eigenvalue weighted by Gasteiger charge is 2.44. The zero-order chi connectivity index (χ0) is 14.2. The molecule has 2 fully saturated rings. The van der Waals surface area contributed by atoms with Gasteiger partial charge < -0.3 is 44.8 Å². The fourth-order valence-corrected chi connectivity index (χ4v) is 1.93. The Hall–Kier alpha value is -0.360. The number of aliphatic hydroxyl groups is 6. The maximum Gasteiger partial charge on any atom is 0.189 e. The highest BCUT2D eigenvalue weighted by molar-refractivity contribution is 4.86. The summed E-state index contributed by atoms with van der Waals surface area (Å²) in [4.78, 5) is 0. The van der Waals surface area contributed by atoms with Gasteiger partial charge in [0, 0.05) is 0 Å². The van der Waals surface area contributed by atoms with Gasteiger partial charge in [-0.2, -0.15) is 0 Å². The molecule has 0 aliphatic carbocycles. The third kappa shape index (κ3) is 3.05. The van der Waals surface area contributed by atoms with Crippen molar-refractivity contribution in [3.63, 3.8) is 0 Å². The third-order valence-electron chi connectivity index (χ3n) is 3.18. The molecule has 9 nitrogen and oxygen atoms in total. The van der Waals surface area contributed by atoms with Gasteiger partial charge in [-0.3, -0.25) is 0 Å². The smallest absolute Gasteiger partial charge is 0.189 e. The molecule has 2 rings (SSSR count). The van der Waals surface area contributed by atoms with Crippen LogP contribution in [0.3, 0.4) is 0 Å². The molecule has 0 spiro atoms. The second kappa shape index (κ2) is 5.95. The van der Waals surface area contributed by atoms with E-state index in [2.05, 4.69) is 0 Å². The average Bonchev–Trinajstić information content (AvgIpc) is 2.39. The van der Waals surface area contributed by atoms with Crippen molar-refractivity contribution in [2.45, 2.75) is 49.2 Å². The van der Waals surface area contributed by atoms with E-state index in [0.717, 1.165) is 0 Å². The SMILES string of the molecule is O[C@@H]1[C@H](O)COC(O[C@H]2OC[C@H](O)[C@H](O)[C@H]2O)[C@H]1O. The van der Waals surface area contributed by atoms with Gasteiger partial charge in [0.1, 0.15) is 36.6 Å². The number of aliphatic hydroxyl groups excluding tert-OH is 6. The molecule has 6 N–H and O–H groups in total. The minimum atomic E-state index is -1.52. The minimum absolute atomic E-state index is 0.253. The number of ether oxygens (including phenoxy) is 3. The Bertz CT molecular complexity index is 273. The molecule has 0 bridgehead atoms. The lowest BCUT2D eigenvalue weighted by molar-refractivity contribution is -0.350. The van der Waals surface area contributed by atoms with E-state index in [1.165, 1.54) is 0 Å². The van der Waals surface area contributed by atoms with Gasteiger partial charge in [-0.1, -0.05) is 0 Å². The summed E-state index contributed by atoms with van der Waals surface area (Å²) in [5.41, 5.74) is 0. The first-order valence-electron chi connectivity index (χ1n) is 5.89. The van der Waals surface area contributed by atoms with Crippen LogP contribution in [-0.4, -0.2) is 93.1 Å². The molecule has 2 saturated heterocycles. The summed E-state index contributed by atoms with van der Waals surface area (Å²) in [5.74, 6) is 0. The second-order valence-electron chi connectivity index (χ2n) is 4.64. The van der Waals surface area contributed by atoms with E-state index in [1.807, 2.05) is 0 Å². The predicted octanol–water partition coefficient (Wildman–Crippen LogP) is -4.12. The average molecular weight is 282 g/mol. The zero-order valence-electron chi connectivity index (χ0n) is 9.94. The Labute approximate surface area is 108 Å². The largest absolute Gasteiger partial charge is 0.388 e. The molecule has 8 atom stereocenters. The fourth-order valence-electron chi connectivity index (χ4n) is 1.93. The van der Waals surface area contributed by atoms with Gasteiger partial charge in [0.15, 0.2) is 12.6 Å². The Morgan fingerprint density at radius 2 is 1.00 bits per heavy atom. The molecular weight excluding hydrogens is 264 g/mol. The molecule has 19 heavy (non-hydrogen) atoms. The topological polar surface area (TPSA) is 149 Å². The van der Waals surface area contributed by atoms with E-state index in [4.69, 9.17) is 14.2 Å². The van der Waals surface area contributed by atoms with Gasteiger partial charge in [-0.15, -0.1) is 0 Å². The quantitative estimate of drug-likeness (QED) is 0.297. The van der Waals surface area contributed by atoms with Crippen LogP contribution in [0, 0.1) is 0 Å². The van der Waals surface area contributed by atoms with Gasteiger partial charge >= 0.3 is 0 Å². The highest BCUT2D eigenvalue weighted by atomic mass is 16.8. The lowest BCUT2D eigenvalue weighted by Gasteiger charge is -2.40. The summed E-state index contributed by atoms with van der Waals surface area (Å²) in [6.45, 7) is -0.506. The third-order valence-corrected chi connectivity index (χ3v) is 3.18. The van der Waals surface area contributed by atoms with Crippen molar-refractivity contribution in [2.24, 2.45) is 0 Å². The first-order valence-corrected chi connectivity index (χ1v) is 5.89. The number of rotatable bonds is 2. The van der Waals surface area contributed by atoms with Crippen LogP contribution < -0.4 is 0 Å². The maximum absolute atomic E-state index is 9.63. The molecule has 0 aromatic heterocycles. The predicted molar refractivity (Wildman–Crippen MR) is 56.6 cm³/mol. The van der Waals surface area contributed by atoms with Crippen molar-refractivity contribution in [2.75, 3.05) is 13.2 Å². The Kier molecular flexibility index (Phi) is 4.71. The highest BCUT2D eigenvalue weighted by Crippen LogP contribution is 2.23. The summed E-state index contributed by atoms with van der Waals surface area (Å²) < 4.78 is 15.0. The van der Waals surface area contributed by atoms with E-state index in [1.54, 1.807) is 0 Å². The molecule has 2 aliphatic rings. The van der Waals surface area contributed by atoms with Crippen LogP contribution in [0.5, 0.6) is 0 Å². The van der Waals surface area contributed by atoms with Gasteiger partial charge in [0.25, 0.3) is 0 Å². The van der Waals surface area contributed by atoms with Crippen molar-refractivity contribution < 1.29 is 44.8 Å². The fraction of sp³-hybridized carbons (Fsp3) is 1.00. The summed E-state index contributed by atoms with van der Waals surface area (Å²) >= 11 is 0. The Morgan fingerprint density at radius 1 is 0.632 bits per heavy atom. The summed E-state index contributed by atoms with van der Waals surface area (Å²) in [6, 6.07) is 0. The first-order chi connectivity index (χ1) is 8.91. The van der Waals surface area contributed by atoms with Crippen molar-refractivity contribution in [1.29, 1.82) is 0 Å². The molecule has 2 aliphatic heterocycles. The molecule has 0 amide bonds. The molecule has 1 unspecified atom stereocenters. The molecule has 9 heteroatoms. The molecule has 0 aromatic rings. The van der Waals surface area contributed by atoms with E-state index in [9.17, 15) is 30.6 Å². The van der Waals surface area contributed by atoms with Crippen LogP contribution in [-0.2, 0) is 14.2 Å². The second-order valence-corrected chi connectivity index (χ2v) is 4.64. The van der Waals surface area contributed by atoms with Crippen LogP contribution in [0.25, 0.3) is 0 Å². The van der Waals surface area contributed by atoms with E-state index in [0.29, 0.717) is 0 Å². The Balaban J connectivity index is 1.94. The zero-order valence-corrected chi connectivity index (χ0v) is 9.94. The normalized spacial score (nSPS) is 52.1. The molecule has 2 heterocycles. The Morgan fingerprint density at radius 3 is 1.37 bits per heavy atom. The number of hydrogen-bond donors (Lipinski definition) is 6. The van der Waals surface area contributed by atoms with Gasteiger partial charge in [0.2, 0.25) is 0 Å². The van der Waals surface area contributed by atoms with Crippen molar-refractivity contribution in [3.8, 4) is 0 Å².